The maximum absolute atomic E-state index is 5.81. The van der Waals surface area contributed by atoms with Gasteiger partial charge >= 0.3 is 0 Å². The van der Waals surface area contributed by atoms with Crippen LogP contribution in [0.2, 0.25) is 5.15 Å². The fraction of sp³-hybridized carbons (Fsp3) is 0.500. The summed E-state index contributed by atoms with van der Waals surface area (Å²) in [5, 5.41) is 12.5. The Kier molecular flexibility index (Phi) is 2.82. The molecule has 2 aromatic heterocycles. The topological polar surface area (TPSA) is 52.3 Å². The summed E-state index contributed by atoms with van der Waals surface area (Å²) in [6.45, 7) is 6.31. The van der Waals surface area contributed by atoms with Gasteiger partial charge in [0.15, 0.2) is 11.5 Å². The molecular formula is C10H13ClN4O. The second-order valence-corrected chi connectivity index (χ2v) is 4.83. The van der Waals surface area contributed by atoms with Crippen molar-refractivity contribution in [3.05, 3.63) is 23.1 Å². The molecule has 0 amide bonds. The Morgan fingerprint density at radius 1 is 1.31 bits per heavy atom. The number of halogens is 1. The van der Waals surface area contributed by atoms with Gasteiger partial charge in [0.05, 0.1) is 5.60 Å². The Labute approximate surface area is 98.4 Å². The lowest BCUT2D eigenvalue weighted by Crippen LogP contribution is -2.19. The van der Waals surface area contributed by atoms with Crippen molar-refractivity contribution in [1.29, 1.82) is 0 Å². The molecule has 0 aliphatic heterocycles. The highest BCUT2D eigenvalue weighted by atomic mass is 35.5. The predicted octanol–water partition coefficient (Wildman–Crippen LogP) is 2.09. The minimum absolute atomic E-state index is 0.218. The normalized spacial score (nSPS) is 12.2. The summed E-state index contributed by atoms with van der Waals surface area (Å²) < 4.78 is 7.21. The van der Waals surface area contributed by atoms with Gasteiger partial charge < -0.3 is 4.74 Å². The molecule has 0 bridgehead atoms. The van der Waals surface area contributed by atoms with Gasteiger partial charge in [0.25, 0.3) is 0 Å². The summed E-state index contributed by atoms with van der Waals surface area (Å²) in [5.41, 5.74) is 0.446. The summed E-state index contributed by atoms with van der Waals surface area (Å²) in [7, 11) is 0. The maximum atomic E-state index is 5.81. The Morgan fingerprint density at radius 3 is 2.75 bits per heavy atom. The third kappa shape index (κ3) is 2.48. The number of hydrogen-bond donors (Lipinski definition) is 0. The van der Waals surface area contributed by atoms with E-state index < -0.39 is 0 Å². The van der Waals surface area contributed by atoms with Crippen LogP contribution < -0.4 is 0 Å². The summed E-state index contributed by atoms with van der Waals surface area (Å²) in [4.78, 5) is 0. The van der Waals surface area contributed by atoms with Crippen molar-refractivity contribution in [3.63, 3.8) is 0 Å². The van der Waals surface area contributed by atoms with E-state index in [1.54, 1.807) is 16.6 Å². The molecule has 0 spiro atoms. The molecule has 2 heterocycles. The largest absolute Gasteiger partial charge is 0.368 e. The fourth-order valence-corrected chi connectivity index (χ4v) is 1.32. The average Bonchev–Trinajstić information content (AvgIpc) is 2.56. The Hall–Kier alpha value is -1.20. The third-order valence-corrected chi connectivity index (χ3v) is 2.13. The lowest BCUT2D eigenvalue weighted by Gasteiger charge is -2.18. The molecule has 0 saturated carbocycles. The minimum atomic E-state index is -0.218. The molecule has 0 atom stereocenters. The van der Waals surface area contributed by atoms with Gasteiger partial charge in [-0.1, -0.05) is 11.6 Å². The van der Waals surface area contributed by atoms with Gasteiger partial charge in [0, 0.05) is 0 Å². The minimum Gasteiger partial charge on any atom is -0.368 e. The average molecular weight is 241 g/mol. The van der Waals surface area contributed by atoms with Crippen LogP contribution in [0.15, 0.2) is 12.1 Å². The van der Waals surface area contributed by atoms with Crippen LogP contribution in [0.4, 0.5) is 0 Å². The van der Waals surface area contributed by atoms with Gasteiger partial charge in [-0.05, 0) is 32.9 Å². The quantitative estimate of drug-likeness (QED) is 0.807. The van der Waals surface area contributed by atoms with Crippen molar-refractivity contribution in [3.8, 4) is 0 Å². The molecule has 0 saturated heterocycles. The Bertz CT molecular complexity index is 503. The first-order valence-electron chi connectivity index (χ1n) is 4.96. The van der Waals surface area contributed by atoms with Crippen LogP contribution >= 0.6 is 11.6 Å². The zero-order chi connectivity index (χ0) is 11.8. The van der Waals surface area contributed by atoms with Gasteiger partial charge in [-0.25, -0.2) is 0 Å². The molecule has 86 valence electrons. The number of nitrogens with zero attached hydrogens (tertiary/aromatic N) is 4. The van der Waals surface area contributed by atoms with E-state index in [1.807, 2.05) is 20.8 Å². The van der Waals surface area contributed by atoms with E-state index in [0.29, 0.717) is 23.2 Å². The number of hydrogen-bond acceptors (Lipinski definition) is 4. The molecule has 0 fully saturated rings. The molecular weight excluding hydrogens is 228 g/mol. The zero-order valence-electron chi connectivity index (χ0n) is 9.44. The van der Waals surface area contributed by atoms with Crippen molar-refractivity contribution in [2.24, 2.45) is 0 Å². The van der Waals surface area contributed by atoms with Crippen LogP contribution in [-0.2, 0) is 11.3 Å². The molecule has 0 aliphatic carbocycles. The number of rotatable bonds is 2. The lowest BCUT2D eigenvalue weighted by molar-refractivity contribution is -0.0188. The predicted molar refractivity (Wildman–Crippen MR) is 60.3 cm³/mol. The van der Waals surface area contributed by atoms with Crippen LogP contribution in [0.5, 0.6) is 0 Å². The first-order valence-corrected chi connectivity index (χ1v) is 5.34. The Morgan fingerprint density at radius 2 is 2.06 bits per heavy atom. The summed E-state index contributed by atoms with van der Waals surface area (Å²) in [6.07, 6.45) is 0. The molecule has 16 heavy (non-hydrogen) atoms. The standard InChI is InChI=1S/C10H13ClN4O/c1-10(2,3)16-6-9-13-12-8-5-4-7(11)14-15(8)9/h4-5H,6H2,1-3H3. The molecule has 2 aromatic rings. The Balaban J connectivity index is 2.28. The zero-order valence-corrected chi connectivity index (χ0v) is 10.2. The van der Waals surface area contributed by atoms with Crippen LogP contribution in [0, 0.1) is 0 Å². The van der Waals surface area contributed by atoms with Gasteiger partial charge in [-0.15, -0.1) is 10.2 Å². The number of ether oxygens (including phenoxy) is 1. The smallest absolute Gasteiger partial charge is 0.180 e. The first-order chi connectivity index (χ1) is 7.46. The molecule has 0 unspecified atom stereocenters. The summed E-state index contributed by atoms with van der Waals surface area (Å²) in [5.74, 6) is 0.646. The van der Waals surface area contributed by atoms with Crippen molar-refractivity contribution in [2.75, 3.05) is 0 Å². The van der Waals surface area contributed by atoms with Crippen LogP contribution in [0.25, 0.3) is 5.65 Å². The number of aromatic nitrogens is 4. The van der Waals surface area contributed by atoms with Crippen molar-refractivity contribution in [1.82, 2.24) is 19.8 Å². The van der Waals surface area contributed by atoms with Crippen molar-refractivity contribution < 1.29 is 4.74 Å². The van der Waals surface area contributed by atoms with E-state index in [1.165, 1.54) is 0 Å². The maximum Gasteiger partial charge on any atom is 0.180 e. The molecule has 0 N–H and O–H groups in total. The summed E-state index contributed by atoms with van der Waals surface area (Å²) >= 11 is 5.81. The van der Waals surface area contributed by atoms with E-state index in [9.17, 15) is 0 Å². The van der Waals surface area contributed by atoms with Gasteiger partial charge in [-0.3, -0.25) is 0 Å². The second kappa shape index (κ2) is 3.99. The van der Waals surface area contributed by atoms with Crippen LogP contribution in [0.1, 0.15) is 26.6 Å². The highest BCUT2D eigenvalue weighted by Crippen LogP contribution is 2.12. The van der Waals surface area contributed by atoms with Gasteiger partial charge in [0.1, 0.15) is 11.8 Å². The van der Waals surface area contributed by atoms with Gasteiger partial charge in [-0.2, -0.15) is 9.61 Å². The van der Waals surface area contributed by atoms with Crippen molar-refractivity contribution in [2.45, 2.75) is 33.0 Å². The van der Waals surface area contributed by atoms with E-state index in [2.05, 4.69) is 15.3 Å². The van der Waals surface area contributed by atoms with E-state index in [-0.39, 0.29) is 5.60 Å². The summed E-state index contributed by atoms with van der Waals surface area (Å²) in [6, 6.07) is 3.45. The molecule has 0 aliphatic rings. The van der Waals surface area contributed by atoms with E-state index in [4.69, 9.17) is 16.3 Å². The highest BCUT2D eigenvalue weighted by Gasteiger charge is 2.13. The first kappa shape index (κ1) is 11.3. The van der Waals surface area contributed by atoms with E-state index in [0.717, 1.165) is 0 Å². The molecule has 2 rings (SSSR count). The third-order valence-electron chi connectivity index (χ3n) is 1.93. The van der Waals surface area contributed by atoms with Crippen molar-refractivity contribution >= 4 is 17.2 Å². The molecule has 0 radical (unpaired) electrons. The highest BCUT2D eigenvalue weighted by molar-refractivity contribution is 6.29. The van der Waals surface area contributed by atoms with Crippen LogP contribution in [0.3, 0.4) is 0 Å². The van der Waals surface area contributed by atoms with Crippen LogP contribution in [-0.4, -0.2) is 25.4 Å². The number of fused-ring (bicyclic) bond motifs is 1. The SMILES string of the molecule is CC(C)(C)OCc1nnc2ccc(Cl)nn12. The molecule has 5 nitrogen and oxygen atoms in total. The molecule has 6 heteroatoms. The monoisotopic (exact) mass is 240 g/mol. The van der Waals surface area contributed by atoms with Gasteiger partial charge in [0.2, 0.25) is 0 Å². The second-order valence-electron chi connectivity index (χ2n) is 4.44. The lowest BCUT2D eigenvalue weighted by atomic mass is 10.2. The fourth-order valence-electron chi connectivity index (χ4n) is 1.18. The van der Waals surface area contributed by atoms with E-state index >= 15 is 0 Å². The molecule has 0 aromatic carbocycles.